The second-order valence-electron chi connectivity index (χ2n) is 5.29. The number of aldehydes is 1. The lowest BCUT2D eigenvalue weighted by Gasteiger charge is -2.31. The van der Waals surface area contributed by atoms with Crippen LogP contribution in [-0.2, 0) is 9.53 Å². The maximum atomic E-state index is 11.2. The van der Waals surface area contributed by atoms with Crippen molar-refractivity contribution in [2.24, 2.45) is 5.41 Å². The Balaban J connectivity index is 2.52. The first kappa shape index (κ1) is 13.7. The van der Waals surface area contributed by atoms with Gasteiger partial charge in [0.05, 0.1) is 6.10 Å². The molecule has 1 aliphatic rings. The molecule has 0 aromatic rings. The normalized spacial score (nSPS) is 27.1. The highest BCUT2D eigenvalue weighted by atomic mass is 16.5. The zero-order chi connectivity index (χ0) is 12.0. The molecule has 94 valence electrons. The first-order valence-corrected chi connectivity index (χ1v) is 6.40. The van der Waals surface area contributed by atoms with Gasteiger partial charge in [-0.15, -0.1) is 0 Å². The molecule has 1 fully saturated rings. The van der Waals surface area contributed by atoms with Crippen LogP contribution in [0.3, 0.4) is 0 Å². The quantitative estimate of drug-likeness (QED) is 0.674. The fourth-order valence-electron chi connectivity index (χ4n) is 2.48. The van der Waals surface area contributed by atoms with Crippen molar-refractivity contribution in [2.75, 3.05) is 26.2 Å². The zero-order valence-electron chi connectivity index (χ0n) is 10.9. The summed E-state index contributed by atoms with van der Waals surface area (Å²) in [4.78, 5) is 13.6. The average molecular weight is 227 g/mol. The number of carbonyl (C=O) groups excluding carboxylic acids is 1. The van der Waals surface area contributed by atoms with E-state index in [9.17, 15) is 4.79 Å². The highest BCUT2D eigenvalue weighted by molar-refractivity contribution is 5.59. The van der Waals surface area contributed by atoms with Crippen LogP contribution in [0.5, 0.6) is 0 Å². The molecule has 0 aliphatic carbocycles. The third-order valence-corrected chi connectivity index (χ3v) is 3.23. The second-order valence-corrected chi connectivity index (χ2v) is 5.29. The minimum absolute atomic E-state index is 0.182. The highest BCUT2D eigenvalue weighted by Crippen LogP contribution is 2.23. The molecule has 2 unspecified atom stereocenters. The van der Waals surface area contributed by atoms with Gasteiger partial charge in [-0.2, -0.15) is 0 Å². The summed E-state index contributed by atoms with van der Waals surface area (Å²) < 4.78 is 5.61. The smallest absolute Gasteiger partial charge is 0.127 e. The van der Waals surface area contributed by atoms with Gasteiger partial charge < -0.3 is 9.53 Å². The van der Waals surface area contributed by atoms with E-state index >= 15 is 0 Å². The van der Waals surface area contributed by atoms with E-state index in [0.29, 0.717) is 6.10 Å². The maximum Gasteiger partial charge on any atom is 0.127 e. The number of carbonyl (C=O) groups is 1. The fourth-order valence-corrected chi connectivity index (χ4v) is 2.48. The van der Waals surface area contributed by atoms with Crippen molar-refractivity contribution in [3.05, 3.63) is 0 Å². The van der Waals surface area contributed by atoms with Gasteiger partial charge in [0.1, 0.15) is 6.29 Å². The monoisotopic (exact) mass is 227 g/mol. The van der Waals surface area contributed by atoms with E-state index in [0.717, 1.165) is 51.8 Å². The maximum absolute atomic E-state index is 11.2. The molecule has 3 nitrogen and oxygen atoms in total. The highest BCUT2D eigenvalue weighted by Gasteiger charge is 2.27. The summed E-state index contributed by atoms with van der Waals surface area (Å²) in [7, 11) is 0. The lowest BCUT2D eigenvalue weighted by Crippen LogP contribution is -2.40. The number of hydrogen-bond donors (Lipinski definition) is 0. The molecule has 0 amide bonds. The van der Waals surface area contributed by atoms with Crippen molar-refractivity contribution >= 4 is 6.29 Å². The van der Waals surface area contributed by atoms with Crippen molar-refractivity contribution in [3.8, 4) is 0 Å². The molecule has 1 aliphatic heterocycles. The van der Waals surface area contributed by atoms with Crippen LogP contribution in [0.1, 0.15) is 40.0 Å². The van der Waals surface area contributed by atoms with E-state index in [4.69, 9.17) is 4.74 Å². The summed E-state index contributed by atoms with van der Waals surface area (Å²) in [6.07, 6.45) is 4.54. The van der Waals surface area contributed by atoms with Gasteiger partial charge in [0, 0.05) is 31.7 Å². The summed E-state index contributed by atoms with van der Waals surface area (Å²) in [5.41, 5.74) is -0.182. The minimum Gasteiger partial charge on any atom is -0.377 e. The third kappa shape index (κ3) is 4.22. The molecule has 3 heteroatoms. The number of ether oxygens (including phenoxy) is 1. The van der Waals surface area contributed by atoms with Gasteiger partial charge >= 0.3 is 0 Å². The Morgan fingerprint density at radius 3 is 2.94 bits per heavy atom. The van der Waals surface area contributed by atoms with Gasteiger partial charge in [-0.25, -0.2) is 0 Å². The van der Waals surface area contributed by atoms with Gasteiger partial charge in [0.25, 0.3) is 0 Å². The molecule has 2 atom stereocenters. The Bertz CT molecular complexity index is 220. The molecule has 0 bridgehead atoms. The lowest BCUT2D eigenvalue weighted by molar-refractivity contribution is -0.117. The zero-order valence-corrected chi connectivity index (χ0v) is 10.9. The molecular formula is C13H25NO2. The summed E-state index contributed by atoms with van der Waals surface area (Å²) in [6, 6.07) is 0. The Morgan fingerprint density at radius 1 is 1.56 bits per heavy atom. The first-order valence-electron chi connectivity index (χ1n) is 6.40. The van der Waals surface area contributed by atoms with Crippen LogP contribution in [0.2, 0.25) is 0 Å². The van der Waals surface area contributed by atoms with Crippen LogP contribution in [0, 0.1) is 5.41 Å². The third-order valence-electron chi connectivity index (χ3n) is 3.23. The first-order chi connectivity index (χ1) is 7.59. The number of nitrogens with zero attached hydrogens (tertiary/aromatic N) is 1. The summed E-state index contributed by atoms with van der Waals surface area (Å²) in [5.74, 6) is 0. The van der Waals surface area contributed by atoms with Crippen molar-refractivity contribution in [3.63, 3.8) is 0 Å². The summed E-state index contributed by atoms with van der Waals surface area (Å²) in [5, 5.41) is 0. The van der Waals surface area contributed by atoms with E-state index < -0.39 is 0 Å². The lowest BCUT2D eigenvalue weighted by atomic mass is 9.86. The standard InChI is InChI=1S/C13H25NO2/c1-4-6-13(3,11-15)10-14-7-5-8-16-12(2)9-14/h11-12H,4-10H2,1-3H3. The van der Waals surface area contributed by atoms with E-state index in [1.54, 1.807) is 0 Å². The molecule has 1 heterocycles. The van der Waals surface area contributed by atoms with Crippen molar-refractivity contribution in [2.45, 2.75) is 46.1 Å². The largest absolute Gasteiger partial charge is 0.377 e. The summed E-state index contributed by atoms with van der Waals surface area (Å²) >= 11 is 0. The van der Waals surface area contributed by atoms with Crippen LogP contribution in [0.25, 0.3) is 0 Å². The predicted molar refractivity (Wildman–Crippen MR) is 65.6 cm³/mol. The fraction of sp³-hybridized carbons (Fsp3) is 0.923. The predicted octanol–water partition coefficient (Wildman–Crippen LogP) is 2.10. The Hall–Kier alpha value is -0.410. The van der Waals surface area contributed by atoms with Gasteiger partial charge in [0.2, 0.25) is 0 Å². The molecule has 0 N–H and O–H groups in total. The van der Waals surface area contributed by atoms with E-state index in [2.05, 4.69) is 25.7 Å². The molecule has 0 aromatic heterocycles. The SMILES string of the molecule is CCCC(C)(C=O)CN1CCCOC(C)C1. The Kier molecular flexibility index (Phi) is 5.42. The number of hydrogen-bond acceptors (Lipinski definition) is 3. The minimum atomic E-state index is -0.182. The Labute approximate surface area is 99.1 Å². The van der Waals surface area contributed by atoms with Crippen LogP contribution >= 0.6 is 0 Å². The van der Waals surface area contributed by atoms with Crippen LogP contribution in [0.4, 0.5) is 0 Å². The molecular weight excluding hydrogens is 202 g/mol. The topological polar surface area (TPSA) is 29.5 Å². The van der Waals surface area contributed by atoms with Gasteiger partial charge in [-0.05, 0) is 19.8 Å². The molecule has 1 saturated heterocycles. The van der Waals surface area contributed by atoms with Crippen LogP contribution in [0.15, 0.2) is 0 Å². The number of rotatable bonds is 5. The molecule has 0 aromatic carbocycles. The van der Waals surface area contributed by atoms with E-state index in [1.165, 1.54) is 0 Å². The molecule has 0 saturated carbocycles. The van der Waals surface area contributed by atoms with Crippen molar-refractivity contribution in [1.29, 1.82) is 0 Å². The molecule has 0 spiro atoms. The van der Waals surface area contributed by atoms with Gasteiger partial charge in [-0.1, -0.05) is 20.3 Å². The molecule has 1 rings (SSSR count). The van der Waals surface area contributed by atoms with Crippen molar-refractivity contribution < 1.29 is 9.53 Å². The Morgan fingerprint density at radius 2 is 2.31 bits per heavy atom. The molecule has 16 heavy (non-hydrogen) atoms. The van der Waals surface area contributed by atoms with Gasteiger partial charge in [0.15, 0.2) is 0 Å². The second kappa shape index (κ2) is 6.36. The van der Waals surface area contributed by atoms with Crippen molar-refractivity contribution in [1.82, 2.24) is 4.90 Å². The molecule has 0 radical (unpaired) electrons. The van der Waals surface area contributed by atoms with Crippen LogP contribution < -0.4 is 0 Å². The van der Waals surface area contributed by atoms with E-state index in [-0.39, 0.29) is 5.41 Å². The van der Waals surface area contributed by atoms with E-state index in [1.807, 2.05) is 0 Å². The van der Waals surface area contributed by atoms with Crippen LogP contribution in [-0.4, -0.2) is 43.5 Å². The average Bonchev–Trinajstić information content (AvgIpc) is 2.43. The summed E-state index contributed by atoms with van der Waals surface area (Å²) in [6.45, 7) is 10.0. The van der Waals surface area contributed by atoms with Gasteiger partial charge in [-0.3, -0.25) is 4.90 Å².